The maximum Gasteiger partial charge on any atom is 0.210 e. The van der Waals surface area contributed by atoms with Gasteiger partial charge in [-0.3, -0.25) is 0 Å². The van der Waals surface area contributed by atoms with Crippen LogP contribution in [-0.4, -0.2) is 31.6 Å². The van der Waals surface area contributed by atoms with Gasteiger partial charge in [-0.1, -0.05) is 41.6 Å². The van der Waals surface area contributed by atoms with Crippen molar-refractivity contribution in [2.45, 2.75) is 12.6 Å². The molecule has 1 aromatic heterocycles. The largest absolute Gasteiger partial charge is 0.496 e. The van der Waals surface area contributed by atoms with Crippen molar-refractivity contribution in [1.29, 1.82) is 0 Å². The normalized spacial score (nSPS) is 15.8. The van der Waals surface area contributed by atoms with Crippen LogP contribution >= 0.6 is 0 Å². The Morgan fingerprint density at radius 3 is 1.93 bits per heavy atom. The second kappa shape index (κ2) is 7.30. The van der Waals surface area contributed by atoms with Crippen LogP contribution in [0.3, 0.4) is 0 Å². The number of oxime groups is 1. The fourth-order valence-corrected chi connectivity index (χ4v) is 4.20. The van der Waals surface area contributed by atoms with E-state index >= 15 is 0 Å². The SMILES string of the molecule is COc1cc(OC)c(C2=NOC(n3c4ccccc4c4ccccc43)C2)c(OC)c1. The quantitative estimate of drug-likeness (QED) is 0.464. The Balaban J connectivity index is 1.59. The van der Waals surface area contributed by atoms with Crippen LogP contribution in [0.1, 0.15) is 18.2 Å². The van der Waals surface area contributed by atoms with E-state index in [1.807, 2.05) is 24.3 Å². The average molecular weight is 402 g/mol. The number of fused-ring (bicyclic) bond motifs is 3. The summed E-state index contributed by atoms with van der Waals surface area (Å²) in [5, 5.41) is 6.82. The fraction of sp³-hybridized carbons (Fsp3) is 0.208. The molecule has 152 valence electrons. The molecule has 1 atom stereocenters. The van der Waals surface area contributed by atoms with Gasteiger partial charge in [0.1, 0.15) is 23.0 Å². The van der Waals surface area contributed by atoms with E-state index in [0.717, 1.165) is 22.3 Å². The van der Waals surface area contributed by atoms with E-state index in [1.165, 1.54) is 10.8 Å². The number of para-hydroxylation sites is 2. The molecule has 0 radical (unpaired) electrons. The van der Waals surface area contributed by atoms with Crippen LogP contribution in [-0.2, 0) is 4.84 Å². The topological polar surface area (TPSA) is 54.2 Å². The summed E-state index contributed by atoms with van der Waals surface area (Å²) < 4.78 is 18.8. The van der Waals surface area contributed by atoms with Gasteiger partial charge in [0, 0.05) is 22.9 Å². The molecule has 6 nitrogen and oxygen atoms in total. The van der Waals surface area contributed by atoms with Gasteiger partial charge < -0.3 is 23.6 Å². The molecular formula is C24H22N2O4. The molecule has 0 fully saturated rings. The van der Waals surface area contributed by atoms with Crippen LogP contribution in [0.4, 0.5) is 0 Å². The van der Waals surface area contributed by atoms with Gasteiger partial charge in [0.25, 0.3) is 0 Å². The molecule has 5 rings (SSSR count). The van der Waals surface area contributed by atoms with E-state index in [0.29, 0.717) is 23.7 Å². The molecule has 1 aliphatic heterocycles. The highest BCUT2D eigenvalue weighted by molar-refractivity contribution is 6.09. The highest BCUT2D eigenvalue weighted by Crippen LogP contribution is 2.40. The van der Waals surface area contributed by atoms with Crippen molar-refractivity contribution in [2.24, 2.45) is 5.16 Å². The highest BCUT2D eigenvalue weighted by atomic mass is 16.7. The lowest BCUT2D eigenvalue weighted by molar-refractivity contribution is 0.0386. The van der Waals surface area contributed by atoms with E-state index in [-0.39, 0.29) is 6.23 Å². The second-order valence-electron chi connectivity index (χ2n) is 7.11. The predicted molar refractivity (Wildman–Crippen MR) is 117 cm³/mol. The molecular weight excluding hydrogens is 380 g/mol. The number of methoxy groups -OCH3 is 3. The standard InChI is InChI=1S/C24H22N2O4/c1-27-15-12-21(28-2)24(22(13-15)29-3)18-14-23(30-25-18)26-19-10-6-4-8-16(19)17-9-5-7-11-20(17)26/h4-13,23H,14H2,1-3H3. The minimum atomic E-state index is -0.263. The van der Waals surface area contributed by atoms with Gasteiger partial charge in [-0.05, 0) is 12.1 Å². The number of hydrogen-bond donors (Lipinski definition) is 0. The molecule has 0 bridgehead atoms. The predicted octanol–water partition coefficient (Wildman–Crippen LogP) is 5.14. The molecule has 0 spiro atoms. The van der Waals surface area contributed by atoms with Crippen LogP contribution < -0.4 is 14.2 Å². The van der Waals surface area contributed by atoms with Gasteiger partial charge in [0.05, 0.1) is 44.3 Å². The maximum atomic E-state index is 5.94. The molecule has 1 aliphatic rings. The van der Waals surface area contributed by atoms with E-state index in [2.05, 4.69) is 46.1 Å². The molecule has 30 heavy (non-hydrogen) atoms. The van der Waals surface area contributed by atoms with Gasteiger partial charge >= 0.3 is 0 Å². The van der Waals surface area contributed by atoms with E-state index in [4.69, 9.17) is 19.0 Å². The lowest BCUT2D eigenvalue weighted by Gasteiger charge is -2.16. The first kappa shape index (κ1) is 18.4. The number of aromatic nitrogens is 1. The summed E-state index contributed by atoms with van der Waals surface area (Å²) in [6, 6.07) is 20.4. The molecule has 3 aromatic carbocycles. The molecule has 0 amide bonds. The average Bonchev–Trinajstić information content (AvgIpc) is 3.40. The molecule has 4 aromatic rings. The Kier molecular flexibility index (Phi) is 4.47. The lowest BCUT2D eigenvalue weighted by atomic mass is 10.0. The van der Waals surface area contributed by atoms with E-state index in [1.54, 1.807) is 21.3 Å². The minimum absolute atomic E-state index is 0.263. The zero-order valence-corrected chi connectivity index (χ0v) is 17.1. The number of nitrogens with zero attached hydrogens (tertiary/aromatic N) is 2. The summed E-state index contributed by atoms with van der Waals surface area (Å²) in [7, 11) is 4.86. The summed E-state index contributed by atoms with van der Waals surface area (Å²) >= 11 is 0. The van der Waals surface area contributed by atoms with Crippen LogP contribution in [0.2, 0.25) is 0 Å². The fourth-order valence-electron chi connectivity index (χ4n) is 4.20. The first-order chi connectivity index (χ1) is 14.7. The van der Waals surface area contributed by atoms with Crippen molar-refractivity contribution >= 4 is 27.5 Å². The van der Waals surface area contributed by atoms with Crippen molar-refractivity contribution in [3.8, 4) is 17.2 Å². The molecule has 2 heterocycles. The van der Waals surface area contributed by atoms with E-state index < -0.39 is 0 Å². The third-order valence-corrected chi connectivity index (χ3v) is 5.56. The van der Waals surface area contributed by atoms with Crippen molar-refractivity contribution < 1.29 is 19.0 Å². The lowest BCUT2D eigenvalue weighted by Crippen LogP contribution is -2.11. The smallest absolute Gasteiger partial charge is 0.210 e. The monoisotopic (exact) mass is 402 g/mol. The van der Waals surface area contributed by atoms with Gasteiger partial charge in [0.15, 0.2) is 0 Å². The Hall–Kier alpha value is -3.67. The number of hydrogen-bond acceptors (Lipinski definition) is 5. The third kappa shape index (κ3) is 2.76. The Labute approximate surface area is 174 Å². The Morgan fingerprint density at radius 2 is 1.40 bits per heavy atom. The number of benzene rings is 3. The summed E-state index contributed by atoms with van der Waals surface area (Å²) in [6.45, 7) is 0. The van der Waals surface area contributed by atoms with Crippen LogP contribution in [0, 0.1) is 0 Å². The summed E-state index contributed by atoms with van der Waals surface area (Å²) in [5.74, 6) is 1.93. The van der Waals surface area contributed by atoms with Crippen molar-refractivity contribution in [1.82, 2.24) is 4.57 Å². The summed E-state index contributed by atoms with van der Waals surface area (Å²) in [4.78, 5) is 5.94. The number of rotatable bonds is 5. The zero-order valence-electron chi connectivity index (χ0n) is 17.1. The molecule has 0 saturated heterocycles. The second-order valence-corrected chi connectivity index (χ2v) is 7.11. The Bertz CT molecular complexity index is 1200. The summed E-state index contributed by atoms with van der Waals surface area (Å²) in [6.07, 6.45) is 0.322. The molecule has 1 unspecified atom stereocenters. The van der Waals surface area contributed by atoms with Gasteiger partial charge in [-0.2, -0.15) is 0 Å². The number of ether oxygens (including phenoxy) is 3. The zero-order chi connectivity index (χ0) is 20.7. The van der Waals surface area contributed by atoms with Crippen LogP contribution in [0.25, 0.3) is 21.8 Å². The molecule has 6 heteroatoms. The third-order valence-electron chi connectivity index (χ3n) is 5.56. The molecule has 0 saturated carbocycles. The van der Waals surface area contributed by atoms with Crippen molar-refractivity contribution in [2.75, 3.05) is 21.3 Å². The summed E-state index contributed by atoms with van der Waals surface area (Å²) in [5.41, 5.74) is 3.80. The molecule has 0 N–H and O–H groups in total. The highest BCUT2D eigenvalue weighted by Gasteiger charge is 2.30. The van der Waals surface area contributed by atoms with Gasteiger partial charge in [-0.25, -0.2) is 0 Å². The van der Waals surface area contributed by atoms with Crippen LogP contribution in [0.5, 0.6) is 17.2 Å². The van der Waals surface area contributed by atoms with Crippen LogP contribution in [0.15, 0.2) is 65.8 Å². The van der Waals surface area contributed by atoms with E-state index in [9.17, 15) is 0 Å². The molecule has 0 aliphatic carbocycles. The first-order valence-corrected chi connectivity index (χ1v) is 9.76. The first-order valence-electron chi connectivity index (χ1n) is 9.76. The maximum absolute atomic E-state index is 5.94. The minimum Gasteiger partial charge on any atom is -0.496 e. The van der Waals surface area contributed by atoms with Crippen molar-refractivity contribution in [3.63, 3.8) is 0 Å². The van der Waals surface area contributed by atoms with Crippen molar-refractivity contribution in [3.05, 3.63) is 66.2 Å². The Morgan fingerprint density at radius 1 is 0.833 bits per heavy atom. The van der Waals surface area contributed by atoms with Gasteiger partial charge in [-0.15, -0.1) is 0 Å². The van der Waals surface area contributed by atoms with Gasteiger partial charge in [0.2, 0.25) is 6.23 Å².